The summed E-state index contributed by atoms with van der Waals surface area (Å²) in [6.07, 6.45) is -0.798. The van der Waals surface area contributed by atoms with Crippen molar-refractivity contribution in [3.8, 4) is 0 Å². The number of aromatic nitrogens is 1. The van der Waals surface area contributed by atoms with Gasteiger partial charge in [-0.2, -0.15) is 13.2 Å². The zero-order valence-electron chi connectivity index (χ0n) is 17.5. The zero-order valence-corrected chi connectivity index (χ0v) is 19.1. The molecule has 5 nitrogen and oxygen atoms in total. The summed E-state index contributed by atoms with van der Waals surface area (Å²) in [5.41, 5.74) is -1.26. The first-order chi connectivity index (χ1) is 13.0. The molecule has 30 heavy (non-hydrogen) atoms. The molecular weight excluding hydrogens is 442 g/mol. The number of amides is 1. The van der Waals surface area contributed by atoms with E-state index in [1.165, 1.54) is 19.1 Å². The van der Waals surface area contributed by atoms with Crippen molar-refractivity contribution in [3.63, 3.8) is 0 Å². The summed E-state index contributed by atoms with van der Waals surface area (Å²) >= 11 is 0. The molecule has 1 fully saturated rings. The topological polar surface area (TPSA) is 74.2 Å². The summed E-state index contributed by atoms with van der Waals surface area (Å²) in [6.45, 7) is 5.71. The van der Waals surface area contributed by atoms with Gasteiger partial charge in [0.25, 0.3) is 0 Å². The first-order valence-corrected chi connectivity index (χ1v) is 9.70. The summed E-state index contributed by atoms with van der Waals surface area (Å²) in [7, 11) is 0. The van der Waals surface area contributed by atoms with E-state index < -0.39 is 18.0 Å². The van der Waals surface area contributed by atoms with Gasteiger partial charge in [-0.05, 0) is 64.0 Å². The second-order valence-corrected chi connectivity index (χ2v) is 8.35. The van der Waals surface area contributed by atoms with Crippen LogP contribution in [0.5, 0.6) is 0 Å². The van der Waals surface area contributed by atoms with Crippen LogP contribution in [0.25, 0.3) is 0 Å². The SMILES string of the molecule is CC(=O)NC1CCC(CC(C)(C)NC[C@@H](O)c2cccc(C(F)(F)F)n2)CC1.Cl.Cl. The van der Waals surface area contributed by atoms with Crippen LogP contribution < -0.4 is 10.6 Å². The minimum atomic E-state index is -4.53. The highest BCUT2D eigenvalue weighted by Gasteiger charge is 2.33. The van der Waals surface area contributed by atoms with Crippen LogP contribution in [0.2, 0.25) is 0 Å². The Bertz CT molecular complexity index is 667. The molecular formula is C20H32Cl2F3N3O2. The zero-order chi connectivity index (χ0) is 20.9. The third-order valence-corrected chi connectivity index (χ3v) is 5.23. The molecule has 1 aliphatic rings. The first-order valence-electron chi connectivity index (χ1n) is 9.70. The predicted octanol–water partition coefficient (Wildman–Crippen LogP) is 4.43. The lowest BCUT2D eigenvalue weighted by Gasteiger charge is -2.35. The molecule has 1 saturated carbocycles. The highest BCUT2D eigenvalue weighted by molar-refractivity contribution is 5.85. The van der Waals surface area contributed by atoms with Crippen LogP contribution >= 0.6 is 24.8 Å². The molecule has 1 atom stereocenters. The third kappa shape index (κ3) is 9.37. The van der Waals surface area contributed by atoms with Crippen LogP contribution in [0.4, 0.5) is 13.2 Å². The molecule has 0 bridgehead atoms. The number of β-amino-alcohol motifs (C(OH)–C–C–N with tert-alkyl or cyclic N) is 1. The standard InChI is InChI=1S/C20H30F3N3O2.2ClH/c1-13(27)25-15-9-7-14(8-10-15)11-19(2,3)24-12-17(28)16-5-4-6-18(26-16)20(21,22)23;;/h4-6,14-15,17,24,28H,7-12H2,1-3H3,(H,25,27);2*1H/t14?,15?,17-;;/m1../s1. The van der Waals surface area contributed by atoms with Crippen molar-refractivity contribution in [2.24, 2.45) is 5.92 Å². The van der Waals surface area contributed by atoms with Crippen molar-refractivity contribution >= 4 is 30.7 Å². The summed E-state index contributed by atoms with van der Waals surface area (Å²) < 4.78 is 38.3. The van der Waals surface area contributed by atoms with Gasteiger partial charge in [-0.1, -0.05) is 6.07 Å². The number of alkyl halides is 3. The molecule has 0 unspecified atom stereocenters. The number of aliphatic hydroxyl groups excluding tert-OH is 1. The van der Waals surface area contributed by atoms with Crippen molar-refractivity contribution in [2.75, 3.05) is 6.54 Å². The van der Waals surface area contributed by atoms with Gasteiger partial charge < -0.3 is 15.7 Å². The number of carbonyl (C=O) groups is 1. The number of pyridine rings is 1. The van der Waals surface area contributed by atoms with Crippen molar-refractivity contribution < 1.29 is 23.1 Å². The third-order valence-electron chi connectivity index (χ3n) is 5.23. The van der Waals surface area contributed by atoms with Crippen molar-refractivity contribution in [3.05, 3.63) is 29.6 Å². The lowest BCUT2D eigenvalue weighted by Crippen LogP contribution is -2.44. The Balaban J connectivity index is 0.00000420. The van der Waals surface area contributed by atoms with Gasteiger partial charge in [0.1, 0.15) is 11.8 Å². The molecule has 10 heteroatoms. The first kappa shape index (κ1) is 28.9. The maximum Gasteiger partial charge on any atom is 0.433 e. The maximum atomic E-state index is 12.8. The number of aliphatic hydroxyl groups is 1. The minimum Gasteiger partial charge on any atom is -0.385 e. The summed E-state index contributed by atoms with van der Waals surface area (Å²) in [4.78, 5) is 14.7. The van der Waals surface area contributed by atoms with Gasteiger partial charge in [0, 0.05) is 25.0 Å². The molecule has 1 aromatic rings. The van der Waals surface area contributed by atoms with Crippen LogP contribution in [0.3, 0.4) is 0 Å². The van der Waals surface area contributed by atoms with E-state index in [4.69, 9.17) is 0 Å². The number of nitrogens with one attached hydrogen (secondary N) is 2. The Hall–Kier alpha value is -1.09. The van der Waals surface area contributed by atoms with E-state index in [0.29, 0.717) is 5.92 Å². The van der Waals surface area contributed by atoms with Crippen LogP contribution in [0.15, 0.2) is 18.2 Å². The van der Waals surface area contributed by atoms with Gasteiger partial charge in [0.05, 0.1) is 5.69 Å². The lowest BCUT2D eigenvalue weighted by molar-refractivity contribution is -0.141. The molecule has 2 rings (SSSR count). The van der Waals surface area contributed by atoms with Gasteiger partial charge in [-0.25, -0.2) is 4.98 Å². The molecule has 1 amide bonds. The molecule has 0 spiro atoms. The average Bonchev–Trinajstić information content (AvgIpc) is 2.60. The fourth-order valence-corrected chi connectivity index (χ4v) is 3.86. The largest absolute Gasteiger partial charge is 0.433 e. The van der Waals surface area contributed by atoms with Crippen LogP contribution in [-0.2, 0) is 11.0 Å². The highest BCUT2D eigenvalue weighted by atomic mass is 35.5. The highest BCUT2D eigenvalue weighted by Crippen LogP contribution is 2.31. The van der Waals surface area contributed by atoms with E-state index in [-0.39, 0.29) is 54.5 Å². The molecule has 3 N–H and O–H groups in total. The average molecular weight is 474 g/mol. The number of hydrogen-bond acceptors (Lipinski definition) is 4. The molecule has 0 saturated heterocycles. The predicted molar refractivity (Wildman–Crippen MR) is 115 cm³/mol. The quantitative estimate of drug-likeness (QED) is 0.547. The Morgan fingerprint density at radius 2 is 1.80 bits per heavy atom. The van der Waals surface area contributed by atoms with E-state index in [0.717, 1.165) is 38.2 Å². The van der Waals surface area contributed by atoms with E-state index in [9.17, 15) is 23.1 Å². The number of nitrogens with zero attached hydrogens (tertiary/aromatic N) is 1. The number of halogens is 5. The second kappa shape index (κ2) is 12.1. The second-order valence-electron chi connectivity index (χ2n) is 8.35. The van der Waals surface area contributed by atoms with E-state index in [1.807, 2.05) is 13.8 Å². The van der Waals surface area contributed by atoms with Gasteiger partial charge >= 0.3 is 6.18 Å². The smallest absolute Gasteiger partial charge is 0.385 e. The van der Waals surface area contributed by atoms with E-state index in [1.54, 1.807) is 0 Å². The van der Waals surface area contributed by atoms with Gasteiger partial charge in [-0.15, -0.1) is 24.8 Å². The van der Waals surface area contributed by atoms with Gasteiger partial charge in [0.2, 0.25) is 5.91 Å². The van der Waals surface area contributed by atoms with Crippen molar-refractivity contribution in [2.45, 2.75) is 76.7 Å². The number of carbonyl (C=O) groups excluding carboxylic acids is 1. The lowest BCUT2D eigenvalue weighted by atomic mass is 9.79. The Labute approximate surface area is 188 Å². The molecule has 0 aliphatic heterocycles. The van der Waals surface area contributed by atoms with Gasteiger partial charge in [-0.3, -0.25) is 4.79 Å². The Morgan fingerprint density at radius 3 is 2.33 bits per heavy atom. The number of rotatable bonds is 7. The Morgan fingerprint density at radius 1 is 1.20 bits per heavy atom. The van der Waals surface area contributed by atoms with E-state index >= 15 is 0 Å². The van der Waals surface area contributed by atoms with Crippen LogP contribution in [-0.4, -0.2) is 34.1 Å². The monoisotopic (exact) mass is 473 g/mol. The molecule has 0 radical (unpaired) electrons. The van der Waals surface area contributed by atoms with Gasteiger partial charge in [0.15, 0.2) is 0 Å². The fraction of sp³-hybridized carbons (Fsp3) is 0.700. The maximum absolute atomic E-state index is 12.8. The molecule has 1 heterocycles. The minimum absolute atomic E-state index is 0. The summed E-state index contributed by atoms with van der Waals surface area (Å²) in [5.74, 6) is 0.513. The van der Waals surface area contributed by atoms with Crippen molar-refractivity contribution in [1.82, 2.24) is 15.6 Å². The molecule has 174 valence electrons. The number of hydrogen-bond donors (Lipinski definition) is 3. The summed E-state index contributed by atoms with van der Waals surface area (Å²) in [5, 5.41) is 16.5. The Kier molecular flexibility index (Phi) is 11.6. The van der Waals surface area contributed by atoms with Crippen LogP contribution in [0.1, 0.15) is 70.4 Å². The fourth-order valence-electron chi connectivity index (χ4n) is 3.86. The molecule has 1 aromatic heterocycles. The summed E-state index contributed by atoms with van der Waals surface area (Å²) in [6, 6.07) is 3.80. The molecule has 1 aliphatic carbocycles. The normalized spacial score (nSPS) is 20.5. The van der Waals surface area contributed by atoms with Crippen molar-refractivity contribution in [1.29, 1.82) is 0 Å². The van der Waals surface area contributed by atoms with E-state index in [2.05, 4.69) is 15.6 Å². The van der Waals surface area contributed by atoms with Crippen LogP contribution in [0, 0.1) is 5.92 Å². The molecule has 0 aromatic carbocycles.